The van der Waals surface area contributed by atoms with Crippen LogP contribution in [-0.2, 0) is 11.8 Å². The minimum atomic E-state index is 0.196. The lowest BCUT2D eigenvalue weighted by Crippen LogP contribution is -2.58. The molecule has 0 amide bonds. The highest BCUT2D eigenvalue weighted by Gasteiger charge is 2.39. The van der Waals surface area contributed by atoms with E-state index >= 15 is 0 Å². The van der Waals surface area contributed by atoms with Crippen molar-refractivity contribution in [2.75, 3.05) is 13.1 Å². The summed E-state index contributed by atoms with van der Waals surface area (Å²) >= 11 is 3.54. The molecule has 1 saturated heterocycles. The molecule has 1 aliphatic rings. The predicted octanol–water partition coefficient (Wildman–Crippen LogP) is 3.13. The Kier molecular flexibility index (Phi) is 2.81. The Balaban J connectivity index is 1.92. The fraction of sp³-hybridized carbons (Fsp3) is 0.286. The highest BCUT2D eigenvalue weighted by Crippen LogP contribution is 2.33. The van der Waals surface area contributed by atoms with E-state index < -0.39 is 0 Å². The number of nitrogens with one attached hydrogen (secondary N) is 1. The molecular weight excluding hydrogens is 278 g/mol. The fourth-order valence-corrected chi connectivity index (χ4v) is 2.82. The van der Waals surface area contributed by atoms with Crippen LogP contribution in [0, 0.1) is 0 Å². The van der Waals surface area contributed by atoms with Gasteiger partial charge in [0.15, 0.2) is 0 Å². The van der Waals surface area contributed by atoms with Crippen LogP contribution < -0.4 is 5.32 Å². The van der Waals surface area contributed by atoms with Gasteiger partial charge >= 0.3 is 0 Å². The zero-order valence-corrected chi connectivity index (χ0v) is 11.0. The molecule has 0 atom stereocenters. The molecular formula is C14H14BrNO. The quantitative estimate of drug-likeness (QED) is 0.940. The van der Waals surface area contributed by atoms with Crippen LogP contribution in [0.25, 0.3) is 0 Å². The summed E-state index contributed by atoms with van der Waals surface area (Å²) in [6.45, 7) is 2.04. The summed E-state index contributed by atoms with van der Waals surface area (Å²) in [6.07, 6.45) is 2.71. The van der Waals surface area contributed by atoms with Crippen molar-refractivity contribution in [3.63, 3.8) is 0 Å². The zero-order valence-electron chi connectivity index (χ0n) is 9.45. The highest BCUT2D eigenvalue weighted by atomic mass is 79.9. The summed E-state index contributed by atoms with van der Waals surface area (Å²) in [5.41, 5.74) is 1.57. The van der Waals surface area contributed by atoms with Gasteiger partial charge in [0.05, 0.1) is 6.26 Å². The smallest absolute Gasteiger partial charge is 0.104 e. The molecule has 17 heavy (non-hydrogen) atoms. The van der Waals surface area contributed by atoms with E-state index in [4.69, 9.17) is 4.42 Å². The standard InChI is InChI=1S/C14H14BrNO/c15-12-4-1-3-11(7-12)14(9-16-10-14)8-13-5-2-6-17-13/h1-7,16H,8-10H2. The van der Waals surface area contributed by atoms with E-state index in [0.717, 1.165) is 29.7 Å². The Labute approximate surface area is 109 Å². The lowest BCUT2D eigenvalue weighted by atomic mass is 9.72. The molecule has 3 rings (SSSR count). The Morgan fingerprint density at radius 2 is 2.12 bits per heavy atom. The second-order valence-corrected chi connectivity index (χ2v) is 5.57. The molecule has 0 radical (unpaired) electrons. The van der Waals surface area contributed by atoms with Crippen LogP contribution in [0.3, 0.4) is 0 Å². The molecule has 0 spiro atoms. The lowest BCUT2D eigenvalue weighted by molar-refractivity contribution is 0.258. The molecule has 0 bridgehead atoms. The SMILES string of the molecule is Brc1cccc(C2(Cc3ccco3)CNC2)c1. The number of halogens is 1. The predicted molar refractivity (Wildman–Crippen MR) is 71.1 cm³/mol. The van der Waals surface area contributed by atoms with E-state index in [0.29, 0.717) is 0 Å². The highest BCUT2D eigenvalue weighted by molar-refractivity contribution is 9.10. The third-order valence-electron chi connectivity index (χ3n) is 3.46. The third kappa shape index (κ3) is 2.05. The first kappa shape index (κ1) is 11.1. The number of benzene rings is 1. The maximum Gasteiger partial charge on any atom is 0.104 e. The largest absolute Gasteiger partial charge is 0.469 e. The molecule has 1 aromatic carbocycles. The van der Waals surface area contributed by atoms with Gasteiger partial charge in [0.2, 0.25) is 0 Å². The Morgan fingerprint density at radius 1 is 1.24 bits per heavy atom. The van der Waals surface area contributed by atoms with Crippen LogP contribution in [0.4, 0.5) is 0 Å². The van der Waals surface area contributed by atoms with E-state index in [1.165, 1.54) is 5.56 Å². The maximum absolute atomic E-state index is 5.48. The van der Waals surface area contributed by atoms with E-state index in [1.807, 2.05) is 6.07 Å². The molecule has 0 unspecified atom stereocenters. The van der Waals surface area contributed by atoms with Gasteiger partial charge in [0.25, 0.3) is 0 Å². The van der Waals surface area contributed by atoms with Crippen LogP contribution in [0.5, 0.6) is 0 Å². The number of hydrogen-bond donors (Lipinski definition) is 1. The molecule has 3 heteroatoms. The van der Waals surface area contributed by atoms with Crippen molar-refractivity contribution in [1.82, 2.24) is 5.32 Å². The zero-order chi connectivity index (χ0) is 11.7. The third-order valence-corrected chi connectivity index (χ3v) is 3.95. The van der Waals surface area contributed by atoms with Gasteiger partial charge in [0, 0.05) is 29.4 Å². The van der Waals surface area contributed by atoms with Crippen molar-refractivity contribution >= 4 is 15.9 Å². The van der Waals surface area contributed by atoms with Crippen molar-refractivity contribution in [2.45, 2.75) is 11.8 Å². The molecule has 1 fully saturated rings. The second-order valence-electron chi connectivity index (χ2n) is 4.65. The van der Waals surface area contributed by atoms with Gasteiger partial charge in [-0.05, 0) is 29.8 Å². The van der Waals surface area contributed by atoms with E-state index in [1.54, 1.807) is 6.26 Å². The number of hydrogen-bond acceptors (Lipinski definition) is 2. The Hall–Kier alpha value is -1.06. The summed E-state index contributed by atoms with van der Waals surface area (Å²) in [5.74, 6) is 1.06. The molecule has 2 aromatic rings. The summed E-state index contributed by atoms with van der Waals surface area (Å²) in [7, 11) is 0. The number of furan rings is 1. The minimum Gasteiger partial charge on any atom is -0.469 e. The first-order valence-corrected chi connectivity index (χ1v) is 6.57. The van der Waals surface area contributed by atoms with Crippen LogP contribution >= 0.6 is 15.9 Å². The summed E-state index contributed by atoms with van der Waals surface area (Å²) in [6, 6.07) is 12.6. The molecule has 2 heterocycles. The van der Waals surface area contributed by atoms with Crippen molar-refractivity contribution in [3.8, 4) is 0 Å². The monoisotopic (exact) mass is 291 g/mol. The van der Waals surface area contributed by atoms with Crippen molar-refractivity contribution < 1.29 is 4.42 Å². The first-order valence-electron chi connectivity index (χ1n) is 5.78. The van der Waals surface area contributed by atoms with Gasteiger partial charge in [-0.2, -0.15) is 0 Å². The molecule has 1 aliphatic heterocycles. The van der Waals surface area contributed by atoms with Crippen molar-refractivity contribution in [3.05, 3.63) is 58.5 Å². The van der Waals surface area contributed by atoms with Crippen LogP contribution in [0.15, 0.2) is 51.6 Å². The van der Waals surface area contributed by atoms with E-state index in [9.17, 15) is 0 Å². The van der Waals surface area contributed by atoms with Crippen LogP contribution in [0.1, 0.15) is 11.3 Å². The molecule has 1 aromatic heterocycles. The van der Waals surface area contributed by atoms with Gasteiger partial charge in [-0.1, -0.05) is 28.1 Å². The van der Waals surface area contributed by atoms with Gasteiger partial charge in [0.1, 0.15) is 5.76 Å². The van der Waals surface area contributed by atoms with Crippen LogP contribution in [-0.4, -0.2) is 13.1 Å². The van der Waals surface area contributed by atoms with Gasteiger partial charge in [-0.3, -0.25) is 0 Å². The molecule has 0 saturated carbocycles. The Bertz CT molecular complexity index is 503. The van der Waals surface area contributed by atoms with Crippen molar-refractivity contribution in [1.29, 1.82) is 0 Å². The topological polar surface area (TPSA) is 25.2 Å². The van der Waals surface area contributed by atoms with E-state index in [2.05, 4.69) is 51.6 Å². The summed E-state index contributed by atoms with van der Waals surface area (Å²) in [5, 5.41) is 3.38. The van der Waals surface area contributed by atoms with Gasteiger partial charge < -0.3 is 9.73 Å². The van der Waals surface area contributed by atoms with Crippen LogP contribution in [0.2, 0.25) is 0 Å². The van der Waals surface area contributed by atoms with Gasteiger partial charge in [-0.25, -0.2) is 0 Å². The maximum atomic E-state index is 5.48. The molecule has 0 aliphatic carbocycles. The molecule has 2 nitrogen and oxygen atoms in total. The summed E-state index contributed by atoms with van der Waals surface area (Å²) in [4.78, 5) is 0. The second kappa shape index (κ2) is 4.31. The van der Waals surface area contributed by atoms with Crippen molar-refractivity contribution in [2.24, 2.45) is 0 Å². The van der Waals surface area contributed by atoms with Gasteiger partial charge in [-0.15, -0.1) is 0 Å². The summed E-state index contributed by atoms with van der Waals surface area (Å²) < 4.78 is 6.62. The fourth-order valence-electron chi connectivity index (χ4n) is 2.42. The molecule has 1 N–H and O–H groups in total. The number of rotatable bonds is 3. The van der Waals surface area contributed by atoms with E-state index in [-0.39, 0.29) is 5.41 Å². The average molecular weight is 292 g/mol. The first-order chi connectivity index (χ1) is 8.28. The Morgan fingerprint density at radius 3 is 2.71 bits per heavy atom. The minimum absolute atomic E-state index is 0.196. The average Bonchev–Trinajstić information content (AvgIpc) is 2.76. The lowest BCUT2D eigenvalue weighted by Gasteiger charge is -2.43. The normalized spacial score (nSPS) is 17.7. The molecule has 88 valence electrons.